The number of hydrogen-bond donors (Lipinski definition) is 2. The summed E-state index contributed by atoms with van der Waals surface area (Å²) >= 11 is 6.64. The van der Waals surface area contributed by atoms with E-state index in [0.29, 0.717) is 0 Å². The van der Waals surface area contributed by atoms with Crippen molar-refractivity contribution in [2.24, 2.45) is 0 Å². The van der Waals surface area contributed by atoms with Crippen molar-refractivity contribution in [2.75, 3.05) is 0 Å². The van der Waals surface area contributed by atoms with Crippen LogP contribution in [0.3, 0.4) is 0 Å². The van der Waals surface area contributed by atoms with Crippen molar-refractivity contribution in [3.63, 3.8) is 0 Å². The first kappa shape index (κ1) is 17.6. The monoisotopic (exact) mass is 400 g/mol. The van der Waals surface area contributed by atoms with Crippen LogP contribution in [0, 0.1) is 0 Å². The van der Waals surface area contributed by atoms with Crippen molar-refractivity contribution in [1.82, 2.24) is 9.97 Å². The fraction of sp³-hybridized carbons (Fsp3) is 0.0833. The zero-order valence-corrected chi connectivity index (χ0v) is 17.1. The maximum absolute atomic E-state index is 6.64. The normalized spacial score (nSPS) is 15.0. The highest BCUT2D eigenvalue weighted by molar-refractivity contribution is 8.53. The first-order chi connectivity index (χ1) is 13.8. The number of rotatable bonds is 5. The minimum atomic E-state index is -2.08. The Labute approximate surface area is 170 Å². The Bertz CT molecular complexity index is 1130. The van der Waals surface area contributed by atoms with Gasteiger partial charge in [0.15, 0.2) is 0 Å². The van der Waals surface area contributed by atoms with E-state index >= 15 is 0 Å². The lowest BCUT2D eigenvalue weighted by atomic mass is 10.1. The molecule has 4 aromatic rings. The zero-order valence-electron chi connectivity index (χ0n) is 15.4. The van der Waals surface area contributed by atoms with Crippen molar-refractivity contribution in [1.29, 1.82) is 0 Å². The van der Waals surface area contributed by atoms with Crippen LogP contribution in [0.25, 0.3) is 10.6 Å². The molecular formula is C24H21N2PS. The fourth-order valence-corrected chi connectivity index (χ4v) is 8.91. The largest absolute Gasteiger partial charge is 0.541 e. The second-order valence-corrected chi connectivity index (χ2v) is 11.6. The van der Waals surface area contributed by atoms with E-state index in [9.17, 15) is 0 Å². The topological polar surface area (TPSA) is 31.6 Å². The number of nitrogens with one attached hydrogen (secondary N) is 2. The molecule has 2 N–H and O–H groups in total. The summed E-state index contributed by atoms with van der Waals surface area (Å²) in [5.74, 6) is 0. The molecule has 0 atom stereocenters. The van der Waals surface area contributed by atoms with E-state index in [1.54, 1.807) is 0 Å². The molecular weight excluding hydrogens is 379 g/mol. The average Bonchev–Trinajstić information content (AvgIpc) is 3.48. The Morgan fingerprint density at radius 3 is 1.57 bits per heavy atom. The van der Waals surface area contributed by atoms with Gasteiger partial charge < -0.3 is 22.2 Å². The van der Waals surface area contributed by atoms with Gasteiger partial charge in [0, 0.05) is 47.1 Å². The molecule has 2 aromatic heterocycles. The first-order valence-electron chi connectivity index (χ1n) is 9.49. The quantitative estimate of drug-likeness (QED) is 0.387. The highest BCUT2D eigenvalue weighted by Crippen LogP contribution is 2.72. The van der Waals surface area contributed by atoms with Crippen LogP contribution in [0.15, 0.2) is 91.3 Å². The lowest BCUT2D eigenvalue weighted by Gasteiger charge is -2.34. The number of aromatic amines is 2. The van der Waals surface area contributed by atoms with Crippen LogP contribution in [0.1, 0.15) is 11.4 Å². The lowest BCUT2D eigenvalue weighted by Crippen LogP contribution is -2.24. The molecule has 2 nitrogen and oxygen atoms in total. The van der Waals surface area contributed by atoms with Gasteiger partial charge in [0.05, 0.1) is 15.9 Å². The van der Waals surface area contributed by atoms with Crippen molar-refractivity contribution < 1.29 is 0 Å². The molecule has 0 bridgehead atoms. The van der Waals surface area contributed by atoms with Crippen LogP contribution in [-0.2, 0) is 25.1 Å². The molecule has 4 heteroatoms. The molecule has 1 aliphatic heterocycles. The summed E-state index contributed by atoms with van der Waals surface area (Å²) in [6.07, 6.45) is 5.72. The summed E-state index contributed by atoms with van der Waals surface area (Å²) in [6.45, 7) is -2.08. The van der Waals surface area contributed by atoms with Crippen molar-refractivity contribution >= 4 is 34.6 Å². The van der Waals surface area contributed by atoms with Crippen molar-refractivity contribution in [2.45, 2.75) is 12.8 Å². The van der Waals surface area contributed by atoms with Crippen LogP contribution in [0.2, 0.25) is 0 Å². The van der Waals surface area contributed by atoms with Gasteiger partial charge in [0.25, 0.3) is 0 Å². The number of H-pyrrole nitrogens is 2. The molecule has 5 rings (SSSR count). The van der Waals surface area contributed by atoms with Gasteiger partial charge in [-0.05, 0) is 42.9 Å². The van der Waals surface area contributed by atoms with Crippen molar-refractivity contribution in [3.8, 4) is 0 Å². The van der Waals surface area contributed by atoms with E-state index in [4.69, 9.17) is 12.2 Å². The van der Waals surface area contributed by atoms with Gasteiger partial charge in [0.2, 0.25) is 0 Å². The fourth-order valence-electron chi connectivity index (χ4n) is 4.17. The summed E-state index contributed by atoms with van der Waals surface area (Å²) < 4.78 is 0. The Balaban J connectivity index is 1.78. The van der Waals surface area contributed by atoms with Crippen LogP contribution >= 0.6 is 6.46 Å². The maximum atomic E-state index is 6.64. The van der Waals surface area contributed by atoms with Gasteiger partial charge in [0.1, 0.15) is 0 Å². The molecule has 1 aliphatic rings. The summed E-state index contributed by atoms with van der Waals surface area (Å²) in [6, 6.07) is 27.9. The first-order valence-corrected chi connectivity index (χ1v) is 12.3. The predicted molar refractivity (Wildman–Crippen MR) is 122 cm³/mol. The Morgan fingerprint density at radius 1 is 0.607 bits per heavy atom. The second-order valence-electron chi connectivity index (χ2n) is 7.13. The zero-order chi connectivity index (χ0) is 19.0. The van der Waals surface area contributed by atoms with E-state index in [-0.39, 0.29) is 0 Å². The molecule has 0 saturated carbocycles. The van der Waals surface area contributed by atoms with E-state index in [1.807, 2.05) is 12.4 Å². The SMILES string of the molecule is [S-][P+]1(c2ccccc2)C(Cc2ccc[nH]2)=c2ccccc2=C1Cc1ccc[nH]1. The van der Waals surface area contributed by atoms with E-state index < -0.39 is 6.46 Å². The van der Waals surface area contributed by atoms with E-state index in [1.165, 1.54) is 37.8 Å². The molecule has 0 radical (unpaired) electrons. The molecule has 2 aromatic carbocycles. The minimum Gasteiger partial charge on any atom is -0.541 e. The van der Waals surface area contributed by atoms with E-state index in [0.717, 1.165) is 12.8 Å². The van der Waals surface area contributed by atoms with E-state index in [2.05, 4.69) is 88.8 Å². The van der Waals surface area contributed by atoms with Gasteiger partial charge in [-0.25, -0.2) is 0 Å². The lowest BCUT2D eigenvalue weighted by molar-refractivity contribution is 1.18. The average molecular weight is 400 g/mol. The molecule has 0 unspecified atom stereocenters. The van der Waals surface area contributed by atoms with Crippen LogP contribution in [0.4, 0.5) is 0 Å². The number of benzene rings is 2. The standard InChI is InChI=1S/C24H21N2PS/c28-27(20-10-2-1-3-11-20)23(16-18-8-6-14-25-18)21-12-4-5-13-22(21)24(27)17-19-9-7-15-26-19/h1-15,25-26H,16-17H2. The minimum absolute atomic E-state index is 0.865. The van der Waals surface area contributed by atoms with Crippen LogP contribution < -0.4 is 15.7 Å². The third-order valence-electron chi connectivity index (χ3n) is 5.47. The highest BCUT2D eigenvalue weighted by Gasteiger charge is 2.41. The van der Waals surface area contributed by atoms with Gasteiger partial charge in [-0.1, -0.05) is 42.5 Å². The van der Waals surface area contributed by atoms with Crippen LogP contribution in [0.5, 0.6) is 0 Å². The van der Waals surface area contributed by atoms with Gasteiger partial charge in [-0.15, -0.1) is 0 Å². The van der Waals surface area contributed by atoms with Gasteiger partial charge in [-0.3, -0.25) is 0 Å². The van der Waals surface area contributed by atoms with Crippen LogP contribution in [-0.4, -0.2) is 9.97 Å². The number of fused-ring (bicyclic) bond motifs is 1. The third-order valence-corrected chi connectivity index (χ3v) is 10.8. The highest BCUT2D eigenvalue weighted by atomic mass is 32.7. The summed E-state index contributed by atoms with van der Waals surface area (Å²) in [5, 5.41) is 6.72. The number of aromatic nitrogens is 2. The number of hydrogen-bond acceptors (Lipinski definition) is 1. The Hall–Kier alpha value is -2.48. The molecule has 0 amide bonds. The molecule has 0 fully saturated rings. The van der Waals surface area contributed by atoms with Gasteiger partial charge in [-0.2, -0.15) is 0 Å². The smallest absolute Gasteiger partial charge is 0.0823 e. The molecule has 0 saturated heterocycles. The molecule has 28 heavy (non-hydrogen) atoms. The molecule has 3 heterocycles. The Kier molecular flexibility index (Phi) is 4.50. The molecule has 0 aliphatic carbocycles. The second kappa shape index (κ2) is 7.16. The Morgan fingerprint density at radius 2 is 1.11 bits per heavy atom. The molecule has 0 spiro atoms. The van der Waals surface area contributed by atoms with Gasteiger partial charge >= 0.3 is 0 Å². The van der Waals surface area contributed by atoms with Crippen molar-refractivity contribution in [3.05, 3.63) is 113 Å². The summed E-state index contributed by atoms with van der Waals surface area (Å²) in [4.78, 5) is 6.76. The summed E-state index contributed by atoms with van der Waals surface area (Å²) in [7, 11) is 0. The predicted octanol–water partition coefficient (Wildman–Crippen LogP) is 3.86. The third kappa shape index (κ3) is 2.87. The summed E-state index contributed by atoms with van der Waals surface area (Å²) in [5.41, 5.74) is 2.44. The maximum Gasteiger partial charge on any atom is 0.0823 e. The molecule has 138 valence electrons.